The third kappa shape index (κ3) is 2.89. The van der Waals surface area contributed by atoms with Crippen molar-refractivity contribution in [1.82, 2.24) is 0 Å². The summed E-state index contributed by atoms with van der Waals surface area (Å²) in [6.45, 7) is 1.43. The van der Waals surface area contributed by atoms with Crippen molar-refractivity contribution in [1.29, 1.82) is 0 Å². The van der Waals surface area contributed by atoms with Gasteiger partial charge < -0.3 is 15.6 Å². The molecule has 0 heterocycles. The second kappa shape index (κ2) is 4.93. The minimum Gasteiger partial charge on any atom is -0.496 e. The number of aliphatic hydroxyl groups is 1. The third-order valence-electron chi connectivity index (χ3n) is 2.39. The van der Waals surface area contributed by atoms with Crippen molar-refractivity contribution in [2.24, 2.45) is 5.73 Å². The van der Waals surface area contributed by atoms with Crippen molar-refractivity contribution in [3.8, 4) is 5.75 Å². The van der Waals surface area contributed by atoms with Crippen LogP contribution in [0.5, 0.6) is 5.75 Å². The average molecular weight is 249 g/mol. The number of rotatable bonds is 3. The minimum absolute atomic E-state index is 0.0235. The summed E-state index contributed by atoms with van der Waals surface area (Å²) in [5.41, 5.74) is 4.18. The van der Waals surface area contributed by atoms with Crippen LogP contribution in [0.2, 0.25) is 0 Å². The summed E-state index contributed by atoms with van der Waals surface area (Å²) in [5, 5.41) is 9.75. The van der Waals surface area contributed by atoms with Crippen molar-refractivity contribution >= 4 is 0 Å². The molecule has 0 aliphatic rings. The molecule has 6 heteroatoms. The van der Waals surface area contributed by atoms with Crippen molar-refractivity contribution in [3.63, 3.8) is 0 Å². The average Bonchev–Trinajstić information content (AvgIpc) is 2.25. The highest BCUT2D eigenvalue weighted by atomic mass is 19.4. The summed E-state index contributed by atoms with van der Waals surface area (Å²) in [7, 11) is 1.24. The molecule has 3 N–H and O–H groups in total. The van der Waals surface area contributed by atoms with Gasteiger partial charge in [-0.2, -0.15) is 13.2 Å². The summed E-state index contributed by atoms with van der Waals surface area (Å²) in [6, 6.07) is 2.64. The zero-order valence-corrected chi connectivity index (χ0v) is 9.45. The predicted octanol–water partition coefficient (Wildman–Crippen LogP) is 2.09. The molecular formula is C11H14F3NO2. The summed E-state index contributed by atoms with van der Waals surface area (Å²) in [4.78, 5) is 0. The van der Waals surface area contributed by atoms with Crippen molar-refractivity contribution in [2.45, 2.75) is 25.2 Å². The van der Waals surface area contributed by atoms with Gasteiger partial charge in [-0.1, -0.05) is 6.07 Å². The normalized spacial score (nSPS) is 15.5. The maximum absolute atomic E-state index is 12.8. The first-order valence-corrected chi connectivity index (χ1v) is 4.96. The number of halogens is 3. The molecule has 0 bridgehead atoms. The van der Waals surface area contributed by atoms with Crippen molar-refractivity contribution in [3.05, 3.63) is 29.3 Å². The Balaban J connectivity index is 3.41. The Morgan fingerprint density at radius 2 is 1.94 bits per heavy atom. The van der Waals surface area contributed by atoms with Gasteiger partial charge in [-0.15, -0.1) is 0 Å². The topological polar surface area (TPSA) is 55.5 Å². The molecule has 1 aromatic rings. The molecule has 96 valence electrons. The largest absolute Gasteiger partial charge is 0.496 e. The first-order chi connectivity index (χ1) is 7.79. The fourth-order valence-corrected chi connectivity index (χ4v) is 1.54. The molecule has 0 spiro atoms. The third-order valence-corrected chi connectivity index (χ3v) is 2.39. The van der Waals surface area contributed by atoms with E-state index >= 15 is 0 Å². The van der Waals surface area contributed by atoms with Crippen LogP contribution in [-0.4, -0.2) is 18.3 Å². The van der Waals surface area contributed by atoms with E-state index in [0.29, 0.717) is 0 Å². The quantitative estimate of drug-likeness (QED) is 0.862. The molecule has 3 nitrogen and oxygen atoms in total. The van der Waals surface area contributed by atoms with E-state index in [1.807, 2.05) is 0 Å². The Kier molecular flexibility index (Phi) is 4.00. The van der Waals surface area contributed by atoms with Gasteiger partial charge in [0.2, 0.25) is 0 Å². The Labute approximate surface area is 97.0 Å². The molecule has 0 amide bonds. The van der Waals surface area contributed by atoms with Crippen molar-refractivity contribution in [2.75, 3.05) is 7.11 Å². The molecule has 0 fully saturated rings. The van der Waals surface area contributed by atoms with Gasteiger partial charge in [0.05, 0.1) is 18.8 Å². The minimum atomic E-state index is -4.56. The van der Waals surface area contributed by atoms with Crippen LogP contribution in [0, 0.1) is 0 Å². The zero-order valence-electron chi connectivity index (χ0n) is 9.45. The number of benzene rings is 1. The molecule has 0 aromatic heterocycles. The van der Waals surface area contributed by atoms with Gasteiger partial charge in [0, 0.05) is 11.6 Å². The van der Waals surface area contributed by atoms with Gasteiger partial charge in [-0.05, 0) is 19.1 Å². The Bertz CT molecular complexity index is 391. The number of aliphatic hydroxyl groups excluding tert-OH is 1. The molecule has 0 radical (unpaired) electrons. The van der Waals surface area contributed by atoms with Gasteiger partial charge in [-0.3, -0.25) is 0 Å². The van der Waals surface area contributed by atoms with E-state index in [1.165, 1.54) is 26.2 Å². The molecule has 2 atom stereocenters. The maximum atomic E-state index is 12.8. The van der Waals surface area contributed by atoms with Crippen LogP contribution in [-0.2, 0) is 6.18 Å². The first-order valence-electron chi connectivity index (χ1n) is 4.96. The van der Waals surface area contributed by atoms with Crippen LogP contribution in [0.4, 0.5) is 13.2 Å². The maximum Gasteiger partial charge on any atom is 0.416 e. The molecule has 17 heavy (non-hydrogen) atoms. The van der Waals surface area contributed by atoms with Crippen molar-refractivity contribution < 1.29 is 23.0 Å². The van der Waals surface area contributed by atoms with Crippen LogP contribution in [0.1, 0.15) is 24.2 Å². The van der Waals surface area contributed by atoms with Crippen LogP contribution in [0.3, 0.4) is 0 Å². The summed E-state index contributed by atoms with van der Waals surface area (Å²) < 4.78 is 43.2. The lowest BCUT2D eigenvalue weighted by Gasteiger charge is -2.22. The molecule has 1 rings (SSSR count). The summed E-state index contributed by atoms with van der Waals surface area (Å²) in [6.07, 6.45) is -5.98. The second-order valence-corrected chi connectivity index (χ2v) is 3.72. The predicted molar refractivity (Wildman–Crippen MR) is 56.6 cm³/mol. The van der Waals surface area contributed by atoms with E-state index in [0.717, 1.165) is 6.07 Å². The Morgan fingerprint density at radius 1 is 1.35 bits per heavy atom. The number of ether oxygens (including phenoxy) is 1. The molecule has 0 unspecified atom stereocenters. The Morgan fingerprint density at radius 3 is 2.35 bits per heavy atom. The lowest BCUT2D eigenvalue weighted by atomic mass is 9.97. The highest BCUT2D eigenvalue weighted by molar-refractivity contribution is 5.44. The second-order valence-electron chi connectivity index (χ2n) is 3.72. The van der Waals surface area contributed by atoms with Gasteiger partial charge in [0.15, 0.2) is 0 Å². The van der Waals surface area contributed by atoms with E-state index < -0.39 is 23.9 Å². The summed E-state index contributed by atoms with van der Waals surface area (Å²) >= 11 is 0. The van der Waals surface area contributed by atoms with Crippen LogP contribution >= 0.6 is 0 Å². The van der Waals surface area contributed by atoms with Gasteiger partial charge >= 0.3 is 6.18 Å². The zero-order chi connectivity index (χ0) is 13.2. The van der Waals surface area contributed by atoms with E-state index in [1.54, 1.807) is 0 Å². The van der Waals surface area contributed by atoms with Crippen LogP contribution in [0.25, 0.3) is 0 Å². The Hall–Kier alpha value is -1.27. The highest BCUT2D eigenvalue weighted by Crippen LogP contribution is 2.39. The SMILES string of the molecule is COc1cccc(C(F)(F)F)c1[C@H](O)[C@@H](C)N. The lowest BCUT2D eigenvalue weighted by molar-refractivity contribution is -0.139. The fourth-order valence-electron chi connectivity index (χ4n) is 1.54. The monoisotopic (exact) mass is 249 g/mol. The fraction of sp³-hybridized carbons (Fsp3) is 0.455. The number of hydrogen-bond donors (Lipinski definition) is 2. The molecule has 1 aromatic carbocycles. The molecule has 0 saturated carbocycles. The lowest BCUT2D eigenvalue weighted by Crippen LogP contribution is -2.27. The van der Waals surface area contributed by atoms with Crippen LogP contribution in [0.15, 0.2) is 18.2 Å². The van der Waals surface area contributed by atoms with E-state index in [2.05, 4.69) is 0 Å². The van der Waals surface area contributed by atoms with Gasteiger partial charge in [-0.25, -0.2) is 0 Å². The number of nitrogens with two attached hydrogens (primary N) is 1. The van der Waals surface area contributed by atoms with E-state index in [9.17, 15) is 18.3 Å². The number of alkyl halides is 3. The highest BCUT2D eigenvalue weighted by Gasteiger charge is 2.37. The number of hydrogen-bond acceptors (Lipinski definition) is 3. The van der Waals surface area contributed by atoms with Crippen LogP contribution < -0.4 is 10.5 Å². The molecular weight excluding hydrogens is 235 g/mol. The van der Waals surface area contributed by atoms with Gasteiger partial charge in [0.25, 0.3) is 0 Å². The molecule has 0 aliphatic heterocycles. The van der Waals surface area contributed by atoms with Gasteiger partial charge in [0.1, 0.15) is 5.75 Å². The summed E-state index contributed by atoms with van der Waals surface area (Å²) in [5.74, 6) is -0.0235. The van der Waals surface area contributed by atoms with E-state index in [-0.39, 0.29) is 11.3 Å². The molecule has 0 aliphatic carbocycles. The smallest absolute Gasteiger partial charge is 0.416 e. The standard InChI is InChI=1S/C11H14F3NO2/c1-6(15)10(16)9-7(11(12,13)14)4-3-5-8(9)17-2/h3-6,10,16H,15H2,1-2H3/t6-,10-/m1/s1. The number of methoxy groups -OCH3 is 1. The first kappa shape index (κ1) is 13.8. The van der Waals surface area contributed by atoms with E-state index in [4.69, 9.17) is 10.5 Å². The molecule has 0 saturated heterocycles.